The molecule has 1 aromatic carbocycles. The molecule has 1 fully saturated rings. The second-order valence-corrected chi connectivity index (χ2v) is 10.9. The van der Waals surface area contributed by atoms with Crippen molar-refractivity contribution in [2.45, 2.75) is 50.0 Å². The fourth-order valence-electron chi connectivity index (χ4n) is 3.70. The molecule has 1 saturated heterocycles. The molecule has 0 radical (unpaired) electrons. The van der Waals surface area contributed by atoms with Crippen LogP contribution in [0.5, 0.6) is 0 Å². The van der Waals surface area contributed by atoms with Crippen molar-refractivity contribution >= 4 is 50.8 Å². The molecular weight excluding hydrogens is 487 g/mol. The molecule has 2 heterocycles. The highest BCUT2D eigenvalue weighted by Crippen LogP contribution is 2.31. The molecule has 0 aliphatic carbocycles. The third-order valence-electron chi connectivity index (χ3n) is 5.76. The van der Waals surface area contributed by atoms with E-state index in [1.54, 1.807) is 17.3 Å². The molecule has 9 nitrogen and oxygen atoms in total. The maximum atomic E-state index is 13.2. The Morgan fingerprint density at radius 3 is 2.55 bits per heavy atom. The number of unbranched alkanes of at least 4 members (excludes halogenated alkanes) is 1. The Morgan fingerprint density at radius 1 is 1.27 bits per heavy atom. The number of halogens is 2. The smallest absolute Gasteiger partial charge is 0.241 e. The van der Waals surface area contributed by atoms with Crippen LogP contribution in [0.2, 0.25) is 10.0 Å². The Labute approximate surface area is 204 Å². The fraction of sp³-hybridized carbons (Fsp3) is 0.524. The molecule has 1 aliphatic rings. The SMILES string of the molecule is CC1CCN(C(=O)[C@H](CCCCNc2ncc[nH]2)NS(=O)(=O)c2cc(Cl)c(N)c(Cl)c2)CC1. The van der Waals surface area contributed by atoms with Crippen LogP contribution in [0.4, 0.5) is 11.6 Å². The predicted octanol–water partition coefficient (Wildman–Crippen LogP) is 3.49. The summed E-state index contributed by atoms with van der Waals surface area (Å²) in [5.41, 5.74) is 5.84. The lowest BCUT2D eigenvalue weighted by Crippen LogP contribution is -2.50. The second kappa shape index (κ2) is 11.4. The van der Waals surface area contributed by atoms with Gasteiger partial charge in [0, 0.05) is 32.0 Å². The van der Waals surface area contributed by atoms with Gasteiger partial charge in [-0.25, -0.2) is 13.4 Å². The number of carbonyl (C=O) groups is 1. The molecule has 0 saturated carbocycles. The first-order chi connectivity index (χ1) is 15.7. The zero-order valence-electron chi connectivity index (χ0n) is 18.5. The summed E-state index contributed by atoms with van der Waals surface area (Å²) in [5.74, 6) is 1.01. The van der Waals surface area contributed by atoms with Crippen molar-refractivity contribution in [3.63, 3.8) is 0 Å². The van der Waals surface area contributed by atoms with Crippen molar-refractivity contribution in [3.05, 3.63) is 34.6 Å². The van der Waals surface area contributed by atoms with Crippen LogP contribution in [0.3, 0.4) is 0 Å². The summed E-state index contributed by atoms with van der Waals surface area (Å²) in [6, 6.07) is 1.59. The minimum absolute atomic E-state index is 0.0415. The van der Waals surface area contributed by atoms with Gasteiger partial charge in [0.05, 0.1) is 20.6 Å². The minimum Gasteiger partial charge on any atom is -0.396 e. The van der Waals surface area contributed by atoms with Gasteiger partial charge in [0.15, 0.2) is 5.95 Å². The van der Waals surface area contributed by atoms with E-state index in [9.17, 15) is 13.2 Å². The van der Waals surface area contributed by atoms with E-state index in [2.05, 4.69) is 26.9 Å². The van der Waals surface area contributed by atoms with E-state index in [0.29, 0.717) is 44.3 Å². The molecule has 1 aliphatic heterocycles. The molecule has 2 aromatic rings. The summed E-state index contributed by atoms with van der Waals surface area (Å²) in [5, 5.41) is 3.23. The number of nitrogens with one attached hydrogen (secondary N) is 3. The van der Waals surface area contributed by atoms with Crippen LogP contribution in [-0.4, -0.2) is 54.9 Å². The van der Waals surface area contributed by atoms with Crippen LogP contribution >= 0.6 is 23.2 Å². The lowest BCUT2D eigenvalue weighted by atomic mass is 9.98. The van der Waals surface area contributed by atoms with E-state index >= 15 is 0 Å². The summed E-state index contributed by atoms with van der Waals surface area (Å²) in [6.45, 7) is 4.05. The Kier molecular flexibility index (Phi) is 8.86. The Hall–Kier alpha value is -2.01. The van der Waals surface area contributed by atoms with Gasteiger partial charge in [-0.05, 0) is 50.2 Å². The maximum absolute atomic E-state index is 13.2. The van der Waals surface area contributed by atoms with Crippen LogP contribution in [0.25, 0.3) is 0 Å². The third-order valence-corrected chi connectivity index (χ3v) is 7.84. The topological polar surface area (TPSA) is 133 Å². The first kappa shape index (κ1) is 25.6. The summed E-state index contributed by atoms with van der Waals surface area (Å²) in [6.07, 6.45) is 6.92. The summed E-state index contributed by atoms with van der Waals surface area (Å²) < 4.78 is 28.7. The van der Waals surface area contributed by atoms with E-state index in [4.69, 9.17) is 28.9 Å². The number of benzene rings is 1. The normalized spacial score (nSPS) is 16.0. The molecule has 1 atom stereocenters. The molecule has 0 spiro atoms. The number of sulfonamides is 1. The maximum Gasteiger partial charge on any atom is 0.241 e. The number of rotatable bonds is 10. The number of nitrogen functional groups attached to an aromatic ring is 1. The van der Waals surface area contributed by atoms with Gasteiger partial charge in [-0.1, -0.05) is 30.1 Å². The highest BCUT2D eigenvalue weighted by Gasteiger charge is 2.31. The van der Waals surface area contributed by atoms with Crippen molar-refractivity contribution in [1.29, 1.82) is 0 Å². The summed E-state index contributed by atoms with van der Waals surface area (Å²) in [7, 11) is -4.05. The van der Waals surface area contributed by atoms with Crippen LogP contribution in [-0.2, 0) is 14.8 Å². The highest BCUT2D eigenvalue weighted by atomic mass is 35.5. The average molecular weight is 517 g/mol. The van der Waals surface area contributed by atoms with Crippen LogP contribution in [0, 0.1) is 5.92 Å². The zero-order valence-corrected chi connectivity index (χ0v) is 20.8. The van der Waals surface area contributed by atoms with E-state index < -0.39 is 16.1 Å². The summed E-state index contributed by atoms with van der Waals surface area (Å²) in [4.78, 5) is 21.9. The molecule has 12 heteroatoms. The third kappa shape index (κ3) is 6.99. The molecule has 0 unspecified atom stereocenters. The number of hydrogen-bond acceptors (Lipinski definition) is 6. The van der Waals surface area contributed by atoms with E-state index in [1.807, 2.05) is 0 Å². The molecule has 33 heavy (non-hydrogen) atoms. The van der Waals surface area contributed by atoms with Gasteiger partial charge in [-0.3, -0.25) is 4.79 Å². The number of carbonyl (C=O) groups excluding carboxylic acids is 1. The average Bonchev–Trinajstić information content (AvgIpc) is 3.29. The van der Waals surface area contributed by atoms with Crippen molar-refractivity contribution in [2.75, 3.05) is 30.7 Å². The molecule has 3 rings (SSSR count). The number of anilines is 2. The Morgan fingerprint density at radius 2 is 1.94 bits per heavy atom. The van der Waals surface area contributed by atoms with Crippen molar-refractivity contribution < 1.29 is 13.2 Å². The first-order valence-corrected chi connectivity index (χ1v) is 13.2. The number of hydrogen-bond donors (Lipinski definition) is 4. The van der Waals surface area contributed by atoms with Gasteiger partial charge in [0.1, 0.15) is 6.04 Å². The van der Waals surface area contributed by atoms with Gasteiger partial charge >= 0.3 is 0 Å². The highest BCUT2D eigenvalue weighted by molar-refractivity contribution is 7.89. The number of likely N-dealkylation sites (tertiary alicyclic amines) is 1. The second-order valence-electron chi connectivity index (χ2n) is 8.34. The largest absolute Gasteiger partial charge is 0.396 e. The molecular formula is C21H30Cl2N6O3S. The predicted molar refractivity (Wildman–Crippen MR) is 131 cm³/mol. The van der Waals surface area contributed by atoms with Gasteiger partial charge in [0.2, 0.25) is 15.9 Å². The number of aromatic nitrogens is 2. The van der Waals surface area contributed by atoms with E-state index in [-0.39, 0.29) is 26.5 Å². The molecule has 1 aromatic heterocycles. The molecule has 5 N–H and O–H groups in total. The quantitative estimate of drug-likeness (QED) is 0.282. The number of nitrogens with two attached hydrogens (primary N) is 1. The van der Waals surface area contributed by atoms with Gasteiger partial charge < -0.3 is 20.9 Å². The number of nitrogens with zero attached hydrogens (tertiary/aromatic N) is 2. The monoisotopic (exact) mass is 516 g/mol. The van der Waals surface area contributed by atoms with Gasteiger partial charge in [-0.15, -0.1) is 0 Å². The Balaban J connectivity index is 1.69. The summed E-state index contributed by atoms with van der Waals surface area (Å²) >= 11 is 12.1. The van der Waals surface area contributed by atoms with Crippen LogP contribution in [0.15, 0.2) is 29.4 Å². The Bertz CT molecular complexity index is 1020. The van der Waals surface area contributed by atoms with E-state index in [1.165, 1.54) is 12.1 Å². The number of amides is 1. The fourth-order valence-corrected chi connectivity index (χ4v) is 5.59. The lowest BCUT2D eigenvalue weighted by molar-refractivity contribution is -0.134. The number of imidazole rings is 1. The number of H-pyrrole nitrogens is 1. The zero-order chi connectivity index (χ0) is 24.0. The molecule has 1 amide bonds. The van der Waals surface area contributed by atoms with Crippen molar-refractivity contribution in [3.8, 4) is 0 Å². The number of piperidine rings is 1. The van der Waals surface area contributed by atoms with Crippen LogP contribution in [0.1, 0.15) is 39.0 Å². The van der Waals surface area contributed by atoms with Crippen LogP contribution < -0.4 is 15.8 Å². The first-order valence-electron chi connectivity index (χ1n) is 11.0. The van der Waals surface area contributed by atoms with Gasteiger partial charge in [0.25, 0.3) is 0 Å². The molecule has 182 valence electrons. The minimum atomic E-state index is -4.05. The van der Waals surface area contributed by atoms with Crippen molar-refractivity contribution in [1.82, 2.24) is 19.6 Å². The lowest BCUT2D eigenvalue weighted by Gasteiger charge is -2.33. The van der Waals surface area contributed by atoms with E-state index in [0.717, 1.165) is 19.3 Å². The standard InChI is InChI=1S/C21H30Cl2N6O3S/c1-14-5-10-29(11-6-14)20(30)18(4-2-3-7-25-21-26-8-9-27-21)28-33(31,32)15-12-16(22)19(24)17(23)13-15/h8-9,12-14,18,28H,2-7,10-11,24H2,1H3,(H2,25,26,27)/t18-/m0/s1. The van der Waals surface area contributed by atoms with Crippen molar-refractivity contribution in [2.24, 2.45) is 5.92 Å². The molecule has 0 bridgehead atoms. The number of aromatic amines is 1. The van der Waals surface area contributed by atoms with Gasteiger partial charge in [-0.2, -0.15) is 4.72 Å².